The van der Waals surface area contributed by atoms with Crippen LogP contribution >= 0.6 is 23.4 Å². The highest BCUT2D eigenvalue weighted by Gasteiger charge is 2.11. The number of hydrogen-bond donors (Lipinski definition) is 0. The van der Waals surface area contributed by atoms with Gasteiger partial charge in [0, 0.05) is 16.3 Å². The van der Waals surface area contributed by atoms with E-state index in [1.807, 2.05) is 0 Å². The van der Waals surface area contributed by atoms with Crippen molar-refractivity contribution in [3.8, 4) is 0 Å². The second-order valence-corrected chi connectivity index (χ2v) is 5.62. The topological polar surface area (TPSA) is 17.1 Å². The van der Waals surface area contributed by atoms with Gasteiger partial charge < -0.3 is 0 Å². The molecule has 0 aliphatic rings. The third-order valence-electron chi connectivity index (χ3n) is 2.62. The summed E-state index contributed by atoms with van der Waals surface area (Å²) >= 11 is 6.87. The first-order chi connectivity index (χ1) is 9.56. The average Bonchev–Trinajstić information content (AvgIpc) is 2.42. The molecule has 0 N–H and O–H groups in total. The Hall–Kier alpha value is -1.39. The van der Waals surface area contributed by atoms with Crippen molar-refractivity contribution in [1.29, 1.82) is 0 Å². The summed E-state index contributed by atoms with van der Waals surface area (Å²) in [6.45, 7) is 0. The molecule has 0 saturated heterocycles. The Bertz CT molecular complexity index is 631. The molecule has 0 radical (unpaired) electrons. The summed E-state index contributed by atoms with van der Waals surface area (Å²) in [6.07, 6.45) is -0.0478. The predicted octanol–water partition coefficient (Wildman–Crippen LogP) is 4.52. The Kier molecular flexibility index (Phi) is 5.15. The summed E-state index contributed by atoms with van der Waals surface area (Å²) < 4.78 is 26.9. The summed E-state index contributed by atoms with van der Waals surface area (Å²) in [5, 5.41) is 0.385. The second-order valence-electron chi connectivity index (χ2n) is 4.17. The smallest absolute Gasteiger partial charge is 0.147 e. The van der Waals surface area contributed by atoms with Crippen molar-refractivity contribution in [3.63, 3.8) is 0 Å². The lowest BCUT2D eigenvalue weighted by Gasteiger charge is -2.04. The van der Waals surface area contributed by atoms with E-state index >= 15 is 0 Å². The van der Waals surface area contributed by atoms with Crippen LogP contribution in [-0.2, 0) is 11.2 Å². The maximum atomic E-state index is 13.5. The minimum Gasteiger partial charge on any atom is -0.298 e. The van der Waals surface area contributed by atoms with Crippen molar-refractivity contribution in [2.75, 3.05) is 5.75 Å². The average molecular weight is 313 g/mol. The largest absolute Gasteiger partial charge is 0.298 e. The fourth-order valence-electron chi connectivity index (χ4n) is 1.66. The van der Waals surface area contributed by atoms with Gasteiger partial charge in [0.2, 0.25) is 0 Å². The van der Waals surface area contributed by atoms with Crippen molar-refractivity contribution in [2.45, 2.75) is 11.3 Å². The lowest BCUT2D eigenvalue weighted by atomic mass is 10.1. The fourth-order valence-corrected chi connectivity index (χ4v) is 2.66. The molecule has 0 atom stereocenters. The van der Waals surface area contributed by atoms with Crippen molar-refractivity contribution >= 4 is 29.1 Å². The molecule has 2 aromatic carbocycles. The zero-order valence-electron chi connectivity index (χ0n) is 10.4. The number of benzene rings is 2. The van der Waals surface area contributed by atoms with Crippen LogP contribution in [0.1, 0.15) is 5.56 Å². The number of ketones is 1. The molecule has 2 aromatic rings. The SMILES string of the molecule is O=C(CSc1ccccc1F)Cc1cc(Cl)ccc1F. The number of carbonyl (C=O) groups is 1. The summed E-state index contributed by atoms with van der Waals surface area (Å²) in [7, 11) is 0. The first-order valence-corrected chi connectivity index (χ1v) is 7.25. The molecular formula is C15H11ClF2OS. The molecule has 0 unspecified atom stereocenters. The summed E-state index contributed by atoms with van der Waals surface area (Å²) in [5.74, 6) is -0.912. The first-order valence-electron chi connectivity index (χ1n) is 5.89. The fraction of sp³-hybridized carbons (Fsp3) is 0.133. The molecule has 0 spiro atoms. The predicted molar refractivity (Wildman–Crippen MR) is 77.2 cm³/mol. The highest BCUT2D eigenvalue weighted by molar-refractivity contribution is 8.00. The molecule has 0 saturated carbocycles. The van der Waals surface area contributed by atoms with Crippen LogP contribution in [0.25, 0.3) is 0 Å². The van der Waals surface area contributed by atoms with E-state index in [9.17, 15) is 13.6 Å². The molecule has 0 fully saturated rings. The molecule has 0 heterocycles. The summed E-state index contributed by atoms with van der Waals surface area (Å²) in [4.78, 5) is 12.2. The van der Waals surface area contributed by atoms with Gasteiger partial charge in [0.15, 0.2) is 0 Å². The highest BCUT2D eigenvalue weighted by atomic mass is 35.5. The Morgan fingerprint density at radius 1 is 1.10 bits per heavy atom. The molecule has 0 bridgehead atoms. The third-order valence-corrected chi connectivity index (χ3v) is 3.96. The van der Waals surface area contributed by atoms with Gasteiger partial charge in [-0.15, -0.1) is 11.8 Å². The minimum absolute atomic E-state index is 0.0478. The van der Waals surface area contributed by atoms with E-state index in [0.717, 1.165) is 11.8 Å². The molecule has 0 aliphatic carbocycles. The molecule has 20 heavy (non-hydrogen) atoms. The number of rotatable bonds is 5. The third kappa shape index (κ3) is 4.05. The van der Waals surface area contributed by atoms with Crippen LogP contribution < -0.4 is 0 Å². The van der Waals surface area contributed by atoms with Gasteiger partial charge in [0.05, 0.1) is 5.75 Å². The Balaban J connectivity index is 1.96. The van der Waals surface area contributed by atoms with Crippen molar-refractivity contribution in [1.82, 2.24) is 0 Å². The van der Waals surface area contributed by atoms with E-state index in [2.05, 4.69) is 0 Å². The van der Waals surface area contributed by atoms with Gasteiger partial charge in [-0.05, 0) is 35.9 Å². The minimum atomic E-state index is -0.460. The Morgan fingerprint density at radius 2 is 1.85 bits per heavy atom. The molecule has 0 aromatic heterocycles. The number of Topliss-reactive ketones (excluding diaryl/α,β-unsaturated/α-hetero) is 1. The van der Waals surface area contributed by atoms with Gasteiger partial charge in [0.25, 0.3) is 0 Å². The molecule has 0 amide bonds. The molecule has 104 valence electrons. The molecule has 0 aliphatic heterocycles. The van der Waals surface area contributed by atoms with Crippen molar-refractivity contribution < 1.29 is 13.6 Å². The van der Waals surface area contributed by atoms with E-state index in [-0.39, 0.29) is 29.3 Å². The van der Waals surface area contributed by atoms with Gasteiger partial charge >= 0.3 is 0 Å². The zero-order valence-corrected chi connectivity index (χ0v) is 12.0. The van der Waals surface area contributed by atoms with E-state index < -0.39 is 5.82 Å². The van der Waals surface area contributed by atoms with E-state index in [0.29, 0.717) is 9.92 Å². The number of carbonyl (C=O) groups excluding carboxylic acids is 1. The quantitative estimate of drug-likeness (QED) is 0.755. The van der Waals surface area contributed by atoms with Crippen LogP contribution in [0.5, 0.6) is 0 Å². The van der Waals surface area contributed by atoms with E-state index in [1.165, 1.54) is 24.3 Å². The van der Waals surface area contributed by atoms with Crippen LogP contribution in [0, 0.1) is 11.6 Å². The van der Waals surface area contributed by atoms with Crippen LogP contribution in [-0.4, -0.2) is 11.5 Å². The maximum Gasteiger partial charge on any atom is 0.147 e. The monoisotopic (exact) mass is 312 g/mol. The molecule has 1 nitrogen and oxygen atoms in total. The van der Waals surface area contributed by atoms with Crippen LogP contribution in [0.3, 0.4) is 0 Å². The highest BCUT2D eigenvalue weighted by Crippen LogP contribution is 2.22. The van der Waals surface area contributed by atoms with Gasteiger partial charge in [-0.25, -0.2) is 8.78 Å². The normalized spacial score (nSPS) is 10.6. The molecule has 2 rings (SSSR count). The zero-order chi connectivity index (χ0) is 14.5. The maximum absolute atomic E-state index is 13.5. The van der Waals surface area contributed by atoms with Gasteiger partial charge in [-0.1, -0.05) is 23.7 Å². The summed E-state index contributed by atoms with van der Waals surface area (Å²) in [5.41, 5.74) is 0.261. The summed E-state index contributed by atoms with van der Waals surface area (Å²) in [6, 6.07) is 10.3. The number of thioether (sulfide) groups is 1. The Morgan fingerprint density at radius 3 is 2.60 bits per heavy atom. The second kappa shape index (κ2) is 6.86. The first kappa shape index (κ1) is 15.0. The molecule has 5 heteroatoms. The van der Waals surface area contributed by atoms with E-state index in [4.69, 9.17) is 11.6 Å². The van der Waals surface area contributed by atoms with Crippen molar-refractivity contribution in [2.24, 2.45) is 0 Å². The van der Waals surface area contributed by atoms with Crippen LogP contribution in [0.15, 0.2) is 47.4 Å². The van der Waals surface area contributed by atoms with E-state index in [1.54, 1.807) is 18.2 Å². The lowest BCUT2D eigenvalue weighted by molar-refractivity contribution is -0.116. The van der Waals surface area contributed by atoms with Gasteiger partial charge in [-0.3, -0.25) is 4.79 Å². The van der Waals surface area contributed by atoms with Gasteiger partial charge in [0.1, 0.15) is 17.4 Å². The molecular weight excluding hydrogens is 302 g/mol. The van der Waals surface area contributed by atoms with Crippen LogP contribution in [0.4, 0.5) is 8.78 Å². The standard InChI is InChI=1S/C15H11ClF2OS/c16-11-5-6-13(17)10(7-11)8-12(19)9-20-15-4-2-1-3-14(15)18/h1-7H,8-9H2. The number of halogens is 3. The Labute approximate surface area is 125 Å². The van der Waals surface area contributed by atoms with Crippen LogP contribution in [0.2, 0.25) is 5.02 Å². The van der Waals surface area contributed by atoms with Gasteiger partial charge in [-0.2, -0.15) is 0 Å². The lowest BCUT2D eigenvalue weighted by Crippen LogP contribution is -2.07. The number of hydrogen-bond acceptors (Lipinski definition) is 2. The van der Waals surface area contributed by atoms with Crippen molar-refractivity contribution in [3.05, 3.63) is 64.7 Å².